The van der Waals surface area contributed by atoms with Crippen molar-refractivity contribution in [2.45, 2.75) is 57.1 Å². The van der Waals surface area contributed by atoms with Gasteiger partial charge in [-0.3, -0.25) is 9.59 Å². The molecule has 0 saturated carbocycles. The Labute approximate surface area is 155 Å². The Morgan fingerprint density at radius 3 is 2.54 bits per heavy atom. The van der Waals surface area contributed by atoms with Crippen LogP contribution in [0, 0.1) is 5.92 Å². The summed E-state index contributed by atoms with van der Waals surface area (Å²) in [6.45, 7) is 8.33. The summed E-state index contributed by atoms with van der Waals surface area (Å²) in [5.41, 5.74) is 1.63. The van der Waals surface area contributed by atoms with Crippen LogP contribution in [0.25, 0.3) is 0 Å². The first-order valence-electron chi connectivity index (χ1n) is 9.04. The third-order valence-electron chi connectivity index (χ3n) is 4.70. The Morgan fingerprint density at radius 2 is 1.92 bits per heavy atom. The summed E-state index contributed by atoms with van der Waals surface area (Å²) in [6.07, 6.45) is 1.45. The summed E-state index contributed by atoms with van der Waals surface area (Å²) < 4.78 is 25.6. The number of nitrogens with zero attached hydrogens (tertiary/aromatic N) is 1. The van der Waals surface area contributed by atoms with E-state index in [1.165, 1.54) is 13.0 Å². The maximum absolute atomic E-state index is 12.8. The van der Waals surface area contributed by atoms with Crippen molar-refractivity contribution in [3.05, 3.63) is 23.8 Å². The van der Waals surface area contributed by atoms with Crippen LogP contribution in [0.2, 0.25) is 0 Å². The largest absolute Gasteiger partial charge is 0.356 e. The molecule has 0 fully saturated rings. The molecule has 0 saturated heterocycles. The van der Waals surface area contributed by atoms with Crippen molar-refractivity contribution in [3.63, 3.8) is 0 Å². The molecule has 0 aliphatic carbocycles. The fourth-order valence-electron chi connectivity index (χ4n) is 3.06. The van der Waals surface area contributed by atoms with Crippen LogP contribution in [0.4, 0.5) is 5.69 Å². The summed E-state index contributed by atoms with van der Waals surface area (Å²) in [4.78, 5) is 25.5. The predicted octanol–water partition coefficient (Wildman–Crippen LogP) is 2.31. The van der Waals surface area contributed by atoms with Crippen molar-refractivity contribution in [1.82, 2.24) is 5.32 Å². The lowest BCUT2D eigenvalue weighted by atomic mass is 10.1. The Kier molecular flexibility index (Phi) is 6.44. The Morgan fingerprint density at radius 1 is 1.23 bits per heavy atom. The molecule has 1 N–H and O–H groups in total. The molecule has 0 bridgehead atoms. The number of hydrogen-bond donors (Lipinski definition) is 1. The molecule has 0 spiro atoms. The van der Waals surface area contributed by atoms with E-state index in [1.54, 1.807) is 24.0 Å². The van der Waals surface area contributed by atoms with Gasteiger partial charge < -0.3 is 10.2 Å². The summed E-state index contributed by atoms with van der Waals surface area (Å²) in [7, 11) is -3.60. The van der Waals surface area contributed by atoms with E-state index in [0.717, 1.165) is 17.7 Å². The molecule has 1 aliphatic heterocycles. The smallest absolute Gasteiger partial charge is 0.223 e. The van der Waals surface area contributed by atoms with Gasteiger partial charge in [-0.1, -0.05) is 13.8 Å². The lowest BCUT2D eigenvalue weighted by molar-refractivity contribution is -0.121. The van der Waals surface area contributed by atoms with E-state index in [0.29, 0.717) is 25.4 Å². The third-order valence-corrected chi connectivity index (χ3v) is 6.84. The highest BCUT2D eigenvalue weighted by atomic mass is 32.2. The number of rotatable bonds is 7. The minimum Gasteiger partial charge on any atom is -0.356 e. The molecule has 6 nitrogen and oxygen atoms in total. The van der Waals surface area contributed by atoms with Crippen molar-refractivity contribution >= 4 is 27.3 Å². The molecule has 26 heavy (non-hydrogen) atoms. The van der Waals surface area contributed by atoms with Gasteiger partial charge in [0.15, 0.2) is 9.84 Å². The topological polar surface area (TPSA) is 83.6 Å². The quantitative estimate of drug-likeness (QED) is 0.787. The second kappa shape index (κ2) is 8.20. The number of benzene rings is 1. The van der Waals surface area contributed by atoms with Crippen LogP contribution < -0.4 is 10.2 Å². The fraction of sp³-hybridized carbons (Fsp3) is 0.579. The van der Waals surface area contributed by atoms with Crippen LogP contribution in [-0.4, -0.2) is 38.6 Å². The maximum atomic E-state index is 12.8. The van der Waals surface area contributed by atoms with Crippen LogP contribution in [0.15, 0.2) is 23.1 Å². The maximum Gasteiger partial charge on any atom is 0.223 e. The summed E-state index contributed by atoms with van der Waals surface area (Å²) >= 11 is 0. The van der Waals surface area contributed by atoms with Gasteiger partial charge in [-0.2, -0.15) is 0 Å². The van der Waals surface area contributed by atoms with Crippen molar-refractivity contribution in [2.24, 2.45) is 5.92 Å². The molecule has 1 unspecified atom stereocenters. The average Bonchev–Trinajstić information content (AvgIpc) is 2.97. The molecule has 2 amide bonds. The molecule has 1 aromatic rings. The molecule has 7 heteroatoms. The van der Waals surface area contributed by atoms with Gasteiger partial charge >= 0.3 is 0 Å². The monoisotopic (exact) mass is 380 g/mol. The van der Waals surface area contributed by atoms with E-state index in [-0.39, 0.29) is 23.1 Å². The average molecular weight is 381 g/mol. The molecular formula is C19H28N2O4S. The summed E-state index contributed by atoms with van der Waals surface area (Å²) in [6, 6.07) is 4.86. The summed E-state index contributed by atoms with van der Waals surface area (Å²) in [5, 5.41) is 1.98. The van der Waals surface area contributed by atoms with Crippen LogP contribution >= 0.6 is 0 Å². The van der Waals surface area contributed by atoms with Gasteiger partial charge in [-0.05, 0) is 49.4 Å². The zero-order valence-electron chi connectivity index (χ0n) is 15.9. The van der Waals surface area contributed by atoms with Gasteiger partial charge in [-0.25, -0.2) is 8.42 Å². The molecule has 1 aromatic carbocycles. The number of anilines is 1. The van der Waals surface area contributed by atoms with Crippen LogP contribution in [0.3, 0.4) is 0 Å². The van der Waals surface area contributed by atoms with E-state index in [9.17, 15) is 18.0 Å². The number of nitrogens with one attached hydrogen (secondary N) is 1. The van der Waals surface area contributed by atoms with Crippen molar-refractivity contribution in [2.75, 3.05) is 18.0 Å². The number of fused-ring (bicyclic) bond motifs is 1. The standard InChI is InChI=1S/C19H28N2O4S/c1-13(2)7-9-20-19(23)11-14(3)26(24,25)17-5-6-18-16(12-17)8-10-21(18)15(4)22/h5-6,12-14H,7-11H2,1-4H3,(H,20,23). The van der Waals surface area contributed by atoms with Gasteiger partial charge in [0, 0.05) is 32.1 Å². The Hall–Kier alpha value is -1.89. The van der Waals surface area contributed by atoms with Crippen LogP contribution in [-0.2, 0) is 25.8 Å². The van der Waals surface area contributed by atoms with Crippen molar-refractivity contribution < 1.29 is 18.0 Å². The van der Waals surface area contributed by atoms with Crippen LogP contribution in [0.1, 0.15) is 46.1 Å². The van der Waals surface area contributed by atoms with E-state index in [2.05, 4.69) is 19.2 Å². The second-order valence-electron chi connectivity index (χ2n) is 7.30. The first-order chi connectivity index (χ1) is 12.1. The molecule has 2 rings (SSSR count). The number of amides is 2. The minimum atomic E-state index is -3.60. The molecular weight excluding hydrogens is 352 g/mol. The number of hydrogen-bond acceptors (Lipinski definition) is 4. The highest BCUT2D eigenvalue weighted by Gasteiger charge is 2.29. The first kappa shape index (κ1) is 20.4. The minimum absolute atomic E-state index is 0.0502. The Bertz CT molecular complexity index is 787. The highest BCUT2D eigenvalue weighted by Crippen LogP contribution is 2.31. The van der Waals surface area contributed by atoms with Gasteiger partial charge in [0.1, 0.15) is 0 Å². The van der Waals surface area contributed by atoms with Gasteiger partial charge in [0.2, 0.25) is 11.8 Å². The molecule has 0 radical (unpaired) electrons. The molecule has 1 aliphatic rings. The van der Waals surface area contributed by atoms with Crippen molar-refractivity contribution in [3.8, 4) is 0 Å². The fourth-order valence-corrected chi connectivity index (χ4v) is 4.46. The first-order valence-corrected chi connectivity index (χ1v) is 10.6. The summed E-state index contributed by atoms with van der Waals surface area (Å²) in [5.74, 6) is 0.189. The zero-order chi connectivity index (χ0) is 19.5. The normalized spacial score (nSPS) is 15.0. The van der Waals surface area contributed by atoms with E-state index < -0.39 is 15.1 Å². The Balaban J connectivity index is 2.08. The van der Waals surface area contributed by atoms with E-state index >= 15 is 0 Å². The third kappa shape index (κ3) is 4.63. The number of sulfone groups is 1. The molecule has 144 valence electrons. The molecule has 0 aromatic heterocycles. The lowest BCUT2D eigenvalue weighted by Gasteiger charge is -2.16. The van der Waals surface area contributed by atoms with Crippen molar-refractivity contribution in [1.29, 1.82) is 0 Å². The number of carbonyl (C=O) groups is 2. The second-order valence-corrected chi connectivity index (χ2v) is 9.67. The zero-order valence-corrected chi connectivity index (χ0v) is 16.7. The van der Waals surface area contributed by atoms with E-state index in [1.807, 2.05) is 0 Å². The van der Waals surface area contributed by atoms with Crippen LogP contribution in [0.5, 0.6) is 0 Å². The number of carbonyl (C=O) groups excluding carboxylic acids is 2. The van der Waals surface area contributed by atoms with Gasteiger partial charge in [-0.15, -0.1) is 0 Å². The highest BCUT2D eigenvalue weighted by molar-refractivity contribution is 7.92. The molecule has 1 heterocycles. The predicted molar refractivity (Wildman–Crippen MR) is 102 cm³/mol. The van der Waals surface area contributed by atoms with E-state index in [4.69, 9.17) is 0 Å². The van der Waals surface area contributed by atoms with Gasteiger partial charge in [0.05, 0.1) is 10.1 Å². The lowest BCUT2D eigenvalue weighted by Crippen LogP contribution is -2.31. The molecule has 1 atom stereocenters. The van der Waals surface area contributed by atoms with Gasteiger partial charge in [0.25, 0.3) is 0 Å². The SMILES string of the molecule is CC(=O)N1CCc2cc(S(=O)(=O)C(C)CC(=O)NCCC(C)C)ccc21.